The summed E-state index contributed by atoms with van der Waals surface area (Å²) in [5, 5.41) is 2.96. The Hall–Kier alpha value is -3.65. The van der Waals surface area contributed by atoms with E-state index in [9.17, 15) is 18.0 Å². The molecule has 2 amide bonds. The summed E-state index contributed by atoms with van der Waals surface area (Å²) in [6.45, 7) is 12.9. The molecule has 3 aromatic carbocycles. The Labute approximate surface area is 239 Å². The van der Waals surface area contributed by atoms with Gasteiger partial charge in [0.1, 0.15) is 12.6 Å². The van der Waals surface area contributed by atoms with Crippen LogP contribution in [0.3, 0.4) is 0 Å². The maximum atomic E-state index is 14.1. The fraction of sp³-hybridized carbons (Fsp3) is 0.375. The molecule has 3 rings (SSSR count). The maximum absolute atomic E-state index is 14.1. The van der Waals surface area contributed by atoms with Crippen LogP contribution in [-0.4, -0.2) is 43.8 Å². The van der Waals surface area contributed by atoms with Gasteiger partial charge in [-0.3, -0.25) is 13.9 Å². The molecule has 40 heavy (non-hydrogen) atoms. The Balaban J connectivity index is 2.08. The molecule has 1 N–H and O–H groups in total. The van der Waals surface area contributed by atoms with Crippen molar-refractivity contribution in [2.75, 3.05) is 10.8 Å². The van der Waals surface area contributed by atoms with Gasteiger partial charge in [0.2, 0.25) is 11.8 Å². The van der Waals surface area contributed by atoms with Crippen LogP contribution in [0.5, 0.6) is 0 Å². The number of sulfonamides is 1. The smallest absolute Gasteiger partial charge is 0.264 e. The van der Waals surface area contributed by atoms with Crippen LogP contribution in [0.2, 0.25) is 0 Å². The van der Waals surface area contributed by atoms with Crippen molar-refractivity contribution >= 4 is 27.5 Å². The molecule has 0 aliphatic rings. The average molecular weight is 564 g/mol. The summed E-state index contributed by atoms with van der Waals surface area (Å²) in [4.78, 5) is 28.9. The van der Waals surface area contributed by atoms with E-state index in [-0.39, 0.29) is 23.4 Å². The van der Waals surface area contributed by atoms with Crippen molar-refractivity contribution in [1.29, 1.82) is 0 Å². The van der Waals surface area contributed by atoms with Gasteiger partial charge in [-0.1, -0.05) is 61.0 Å². The van der Waals surface area contributed by atoms with Crippen LogP contribution in [0.25, 0.3) is 0 Å². The zero-order valence-electron chi connectivity index (χ0n) is 24.6. The molecule has 0 radical (unpaired) electrons. The van der Waals surface area contributed by atoms with E-state index >= 15 is 0 Å². The second kappa shape index (κ2) is 13.1. The van der Waals surface area contributed by atoms with Gasteiger partial charge in [-0.25, -0.2) is 8.42 Å². The van der Waals surface area contributed by atoms with E-state index in [1.54, 1.807) is 43.3 Å². The van der Waals surface area contributed by atoms with Crippen LogP contribution < -0.4 is 9.62 Å². The molecule has 0 saturated heterocycles. The molecule has 2 atom stereocenters. The van der Waals surface area contributed by atoms with Crippen molar-refractivity contribution in [1.82, 2.24) is 10.2 Å². The number of nitrogens with one attached hydrogen (secondary N) is 1. The number of anilines is 1. The second-order valence-electron chi connectivity index (χ2n) is 10.5. The highest BCUT2D eigenvalue weighted by molar-refractivity contribution is 7.92. The molecule has 3 aromatic rings. The number of hydrogen-bond acceptors (Lipinski definition) is 4. The van der Waals surface area contributed by atoms with Crippen LogP contribution >= 0.6 is 0 Å². The highest BCUT2D eigenvalue weighted by Gasteiger charge is 2.33. The predicted octanol–water partition coefficient (Wildman–Crippen LogP) is 5.45. The molecule has 8 heteroatoms. The molecule has 0 heterocycles. The quantitative estimate of drug-likeness (QED) is 0.336. The minimum absolute atomic E-state index is 0.0567. The summed E-state index contributed by atoms with van der Waals surface area (Å²) in [5.74, 6) is -0.748. The fourth-order valence-electron chi connectivity index (χ4n) is 4.38. The Morgan fingerprint density at radius 2 is 1.48 bits per heavy atom. The molecule has 0 fully saturated rings. The summed E-state index contributed by atoms with van der Waals surface area (Å²) in [5.41, 5.74) is 4.90. The number of benzene rings is 3. The lowest BCUT2D eigenvalue weighted by Gasteiger charge is -2.33. The monoisotopic (exact) mass is 563 g/mol. The van der Waals surface area contributed by atoms with E-state index < -0.39 is 28.5 Å². The van der Waals surface area contributed by atoms with Gasteiger partial charge < -0.3 is 10.2 Å². The van der Waals surface area contributed by atoms with Crippen LogP contribution in [0, 0.1) is 27.7 Å². The number of hydrogen-bond donors (Lipinski definition) is 1. The summed E-state index contributed by atoms with van der Waals surface area (Å²) in [6, 6.07) is 18.8. The molecule has 7 nitrogen and oxygen atoms in total. The van der Waals surface area contributed by atoms with E-state index in [0.717, 1.165) is 34.2 Å². The Bertz CT molecular complexity index is 1450. The van der Waals surface area contributed by atoms with Gasteiger partial charge in [0.05, 0.1) is 10.6 Å². The highest BCUT2D eigenvalue weighted by Crippen LogP contribution is 2.29. The van der Waals surface area contributed by atoms with Crippen molar-refractivity contribution < 1.29 is 18.0 Å². The highest BCUT2D eigenvalue weighted by atomic mass is 32.2. The third kappa shape index (κ3) is 7.10. The second-order valence-corrected chi connectivity index (χ2v) is 12.3. The number of carbonyl (C=O) groups excluding carboxylic acids is 2. The van der Waals surface area contributed by atoms with E-state index in [0.29, 0.717) is 5.69 Å². The zero-order valence-corrected chi connectivity index (χ0v) is 25.4. The first kappa shape index (κ1) is 30.9. The fourth-order valence-corrected chi connectivity index (χ4v) is 5.85. The molecule has 0 bridgehead atoms. The van der Waals surface area contributed by atoms with Crippen molar-refractivity contribution in [2.45, 2.75) is 78.4 Å². The van der Waals surface area contributed by atoms with E-state index in [1.807, 2.05) is 71.9 Å². The van der Waals surface area contributed by atoms with Crippen molar-refractivity contribution in [3.05, 3.63) is 94.5 Å². The SMILES string of the molecule is CC[C@H](C)NC(=O)[C@@H](C)N(Cc1ccccc1C)C(=O)CN(c1cccc(C)c1C)S(=O)(=O)c1ccc(C)cc1. The Morgan fingerprint density at radius 1 is 0.850 bits per heavy atom. The van der Waals surface area contributed by atoms with Gasteiger partial charge in [0.25, 0.3) is 10.0 Å². The number of rotatable bonds is 11. The predicted molar refractivity (Wildman–Crippen MR) is 161 cm³/mol. The minimum atomic E-state index is -4.10. The van der Waals surface area contributed by atoms with Gasteiger partial charge in [-0.05, 0) is 88.4 Å². The minimum Gasteiger partial charge on any atom is -0.352 e. The molecule has 0 aliphatic heterocycles. The first-order valence-corrected chi connectivity index (χ1v) is 15.1. The average Bonchev–Trinajstić information content (AvgIpc) is 2.92. The standard InChI is InChI=1S/C32H41N3O4S/c1-8-25(5)33-32(37)27(7)34(20-28-14-10-9-12-24(28)4)31(36)21-35(30-15-11-13-23(3)26(30)6)40(38,39)29-18-16-22(2)17-19-29/h9-19,25,27H,8,20-21H2,1-7H3,(H,33,37)/t25-,27+/m0/s1. The first-order chi connectivity index (χ1) is 18.9. The van der Waals surface area contributed by atoms with Crippen molar-refractivity contribution in [3.63, 3.8) is 0 Å². The topological polar surface area (TPSA) is 86.8 Å². The molecule has 0 aliphatic carbocycles. The van der Waals surface area contributed by atoms with E-state index in [1.165, 1.54) is 9.21 Å². The number of aryl methyl sites for hydroxylation is 3. The lowest BCUT2D eigenvalue weighted by molar-refractivity contribution is -0.139. The third-order valence-corrected chi connectivity index (χ3v) is 9.28. The molecular weight excluding hydrogens is 522 g/mol. The van der Waals surface area contributed by atoms with Crippen molar-refractivity contribution in [3.8, 4) is 0 Å². The maximum Gasteiger partial charge on any atom is 0.264 e. The molecule has 214 valence electrons. The van der Waals surface area contributed by atoms with E-state index in [4.69, 9.17) is 0 Å². The number of carbonyl (C=O) groups is 2. The molecule has 0 aromatic heterocycles. The van der Waals surface area contributed by atoms with Gasteiger partial charge in [0.15, 0.2) is 0 Å². The van der Waals surface area contributed by atoms with Crippen LogP contribution in [0.4, 0.5) is 5.69 Å². The van der Waals surface area contributed by atoms with Gasteiger partial charge in [0, 0.05) is 12.6 Å². The largest absolute Gasteiger partial charge is 0.352 e. The normalized spacial score (nSPS) is 12.9. The zero-order chi connectivity index (χ0) is 29.6. The molecular formula is C32H41N3O4S. The third-order valence-electron chi connectivity index (χ3n) is 7.50. The lowest BCUT2D eigenvalue weighted by Crippen LogP contribution is -2.52. The van der Waals surface area contributed by atoms with Crippen LogP contribution in [-0.2, 0) is 26.2 Å². The molecule has 0 spiro atoms. The first-order valence-electron chi connectivity index (χ1n) is 13.7. The van der Waals surface area contributed by atoms with Crippen LogP contribution in [0.15, 0.2) is 71.6 Å². The summed E-state index contributed by atoms with van der Waals surface area (Å²) in [7, 11) is -4.10. The summed E-state index contributed by atoms with van der Waals surface area (Å²) in [6.07, 6.45) is 0.749. The van der Waals surface area contributed by atoms with Crippen molar-refractivity contribution in [2.24, 2.45) is 0 Å². The number of nitrogens with zero attached hydrogens (tertiary/aromatic N) is 2. The van der Waals surface area contributed by atoms with Gasteiger partial charge in [-0.2, -0.15) is 0 Å². The molecule has 0 saturated carbocycles. The Kier molecular flexibility index (Phi) is 10.1. The number of amides is 2. The van der Waals surface area contributed by atoms with E-state index in [2.05, 4.69) is 5.32 Å². The Morgan fingerprint density at radius 3 is 2.10 bits per heavy atom. The van der Waals surface area contributed by atoms with Gasteiger partial charge >= 0.3 is 0 Å². The van der Waals surface area contributed by atoms with Gasteiger partial charge in [-0.15, -0.1) is 0 Å². The lowest BCUT2D eigenvalue weighted by atomic mass is 10.1. The van der Waals surface area contributed by atoms with Crippen LogP contribution in [0.1, 0.15) is 55.0 Å². The summed E-state index contributed by atoms with van der Waals surface area (Å²) >= 11 is 0. The molecule has 0 unspecified atom stereocenters. The summed E-state index contributed by atoms with van der Waals surface area (Å²) < 4.78 is 29.3.